The Morgan fingerprint density at radius 1 is 1.47 bits per heavy atom. The molecule has 0 atom stereocenters. The molecule has 1 aromatic heterocycles. The van der Waals surface area contributed by atoms with Crippen molar-refractivity contribution in [3.63, 3.8) is 0 Å². The van der Waals surface area contributed by atoms with E-state index in [0.29, 0.717) is 11.2 Å². The number of nitrogen functional groups attached to an aromatic ring is 1. The lowest BCUT2D eigenvalue weighted by Gasteiger charge is -2.20. The number of hydrazine groups is 1. The molecule has 3 N–H and O–H groups in total. The summed E-state index contributed by atoms with van der Waals surface area (Å²) in [4.78, 5) is 10.7. The molecule has 0 aromatic carbocycles. The largest absolute Gasteiger partial charge is 0.355 e. The van der Waals surface area contributed by atoms with E-state index in [1.54, 1.807) is 12.4 Å². The molecule has 1 aliphatic rings. The average molecular weight is 207 g/mol. The van der Waals surface area contributed by atoms with Crippen LogP contribution in [0.3, 0.4) is 0 Å². The summed E-state index contributed by atoms with van der Waals surface area (Å²) < 4.78 is 0. The monoisotopic (exact) mass is 207 g/mol. The molecule has 0 aliphatic carbocycles. The van der Waals surface area contributed by atoms with Crippen molar-refractivity contribution in [1.29, 1.82) is 0 Å². The lowest BCUT2D eigenvalue weighted by atomic mass is 9.93. The van der Waals surface area contributed by atoms with Crippen molar-refractivity contribution in [2.75, 3.05) is 23.4 Å². The summed E-state index contributed by atoms with van der Waals surface area (Å²) >= 11 is 0. The van der Waals surface area contributed by atoms with Crippen LogP contribution < -0.4 is 16.2 Å². The summed E-state index contributed by atoms with van der Waals surface area (Å²) in [6.07, 6.45) is 4.59. The Balaban J connectivity index is 2.16. The Labute approximate surface area is 89.7 Å². The fraction of sp³-hybridized carbons (Fsp3) is 0.600. The predicted octanol–water partition coefficient (Wildman–Crippen LogP) is 0.998. The van der Waals surface area contributed by atoms with Gasteiger partial charge in [-0.3, -0.25) is 4.98 Å². The van der Waals surface area contributed by atoms with E-state index in [0.717, 1.165) is 18.9 Å². The quantitative estimate of drug-likeness (QED) is 0.559. The van der Waals surface area contributed by atoms with E-state index in [-0.39, 0.29) is 0 Å². The smallest absolute Gasteiger partial charge is 0.160 e. The molecule has 82 valence electrons. The van der Waals surface area contributed by atoms with E-state index >= 15 is 0 Å². The van der Waals surface area contributed by atoms with E-state index in [4.69, 9.17) is 5.84 Å². The van der Waals surface area contributed by atoms with Crippen molar-refractivity contribution in [2.24, 2.45) is 11.3 Å². The van der Waals surface area contributed by atoms with Crippen molar-refractivity contribution in [1.82, 2.24) is 9.97 Å². The van der Waals surface area contributed by atoms with E-state index in [1.165, 1.54) is 6.42 Å². The molecule has 0 unspecified atom stereocenters. The van der Waals surface area contributed by atoms with Crippen LogP contribution >= 0.6 is 0 Å². The van der Waals surface area contributed by atoms with Crippen LogP contribution in [-0.2, 0) is 0 Å². The highest BCUT2D eigenvalue weighted by atomic mass is 15.3. The zero-order valence-corrected chi connectivity index (χ0v) is 9.20. The number of anilines is 2. The molecule has 1 aliphatic heterocycles. The van der Waals surface area contributed by atoms with Gasteiger partial charge in [-0.05, 0) is 11.8 Å². The van der Waals surface area contributed by atoms with Gasteiger partial charge in [0.05, 0.1) is 12.4 Å². The zero-order chi connectivity index (χ0) is 10.9. The van der Waals surface area contributed by atoms with Gasteiger partial charge in [-0.25, -0.2) is 10.8 Å². The molecule has 1 fully saturated rings. The lowest BCUT2D eigenvalue weighted by Crippen LogP contribution is -2.24. The lowest BCUT2D eigenvalue weighted by molar-refractivity contribution is 0.418. The Morgan fingerprint density at radius 3 is 2.87 bits per heavy atom. The van der Waals surface area contributed by atoms with E-state index in [1.807, 2.05) is 0 Å². The van der Waals surface area contributed by atoms with E-state index < -0.39 is 0 Å². The summed E-state index contributed by atoms with van der Waals surface area (Å²) in [7, 11) is 0. The Hall–Kier alpha value is -1.36. The summed E-state index contributed by atoms with van der Waals surface area (Å²) in [6.45, 7) is 6.60. The highest BCUT2D eigenvalue weighted by Crippen LogP contribution is 2.31. The number of hydrogen-bond acceptors (Lipinski definition) is 5. The second kappa shape index (κ2) is 3.66. The minimum absolute atomic E-state index is 0.369. The Bertz CT molecular complexity index is 349. The zero-order valence-electron chi connectivity index (χ0n) is 9.20. The molecule has 0 bridgehead atoms. The SMILES string of the molecule is CC1(C)CCN(c2cncc(NN)n2)C1. The molecule has 1 saturated heterocycles. The molecule has 5 nitrogen and oxygen atoms in total. The van der Waals surface area contributed by atoms with Crippen LogP contribution in [0.25, 0.3) is 0 Å². The fourth-order valence-electron chi connectivity index (χ4n) is 1.89. The van der Waals surface area contributed by atoms with Gasteiger partial charge in [-0.2, -0.15) is 0 Å². The first-order valence-electron chi connectivity index (χ1n) is 5.14. The number of aromatic nitrogens is 2. The van der Waals surface area contributed by atoms with Crippen LogP contribution in [0.15, 0.2) is 12.4 Å². The highest BCUT2D eigenvalue weighted by molar-refractivity contribution is 5.44. The number of nitrogens with zero attached hydrogens (tertiary/aromatic N) is 3. The van der Waals surface area contributed by atoms with Crippen LogP contribution in [0.2, 0.25) is 0 Å². The van der Waals surface area contributed by atoms with Crippen molar-refractivity contribution in [2.45, 2.75) is 20.3 Å². The molecule has 0 amide bonds. The van der Waals surface area contributed by atoms with Gasteiger partial charge in [0.15, 0.2) is 5.82 Å². The Kier molecular flexibility index (Phi) is 2.48. The van der Waals surface area contributed by atoms with Crippen LogP contribution in [0, 0.1) is 5.41 Å². The molecular weight excluding hydrogens is 190 g/mol. The second-order valence-electron chi connectivity index (χ2n) is 4.74. The van der Waals surface area contributed by atoms with Gasteiger partial charge in [-0.1, -0.05) is 13.8 Å². The molecule has 2 rings (SSSR count). The average Bonchev–Trinajstić information content (AvgIpc) is 2.59. The number of nitrogens with one attached hydrogen (secondary N) is 1. The molecule has 1 aromatic rings. The fourth-order valence-corrected chi connectivity index (χ4v) is 1.89. The normalized spacial score (nSPS) is 19.3. The molecule has 0 spiro atoms. The number of nitrogens with two attached hydrogens (primary N) is 1. The highest BCUT2D eigenvalue weighted by Gasteiger charge is 2.29. The third-order valence-electron chi connectivity index (χ3n) is 2.77. The van der Waals surface area contributed by atoms with Crippen molar-refractivity contribution < 1.29 is 0 Å². The van der Waals surface area contributed by atoms with E-state index in [9.17, 15) is 0 Å². The molecule has 15 heavy (non-hydrogen) atoms. The van der Waals surface area contributed by atoms with Crippen LogP contribution in [0.1, 0.15) is 20.3 Å². The maximum absolute atomic E-state index is 5.30. The van der Waals surface area contributed by atoms with Gasteiger partial charge in [0.2, 0.25) is 0 Å². The van der Waals surface area contributed by atoms with Gasteiger partial charge in [0.25, 0.3) is 0 Å². The topological polar surface area (TPSA) is 67.1 Å². The van der Waals surface area contributed by atoms with E-state index in [2.05, 4.69) is 34.1 Å². The minimum atomic E-state index is 0.369. The van der Waals surface area contributed by atoms with Crippen LogP contribution in [0.5, 0.6) is 0 Å². The summed E-state index contributed by atoms with van der Waals surface area (Å²) in [5.41, 5.74) is 2.88. The molecule has 2 heterocycles. The molecule has 5 heteroatoms. The Morgan fingerprint density at radius 2 is 2.27 bits per heavy atom. The standard InChI is InChI=1S/C10H17N5/c1-10(2)3-4-15(7-10)9-6-12-5-8(13-9)14-11/h5-6H,3-4,7,11H2,1-2H3,(H,13,14). The van der Waals surface area contributed by atoms with Gasteiger partial charge >= 0.3 is 0 Å². The number of rotatable bonds is 2. The summed E-state index contributed by atoms with van der Waals surface area (Å²) in [5.74, 6) is 6.81. The van der Waals surface area contributed by atoms with Gasteiger partial charge < -0.3 is 10.3 Å². The maximum Gasteiger partial charge on any atom is 0.160 e. The molecule has 0 saturated carbocycles. The third-order valence-corrected chi connectivity index (χ3v) is 2.77. The van der Waals surface area contributed by atoms with Crippen molar-refractivity contribution in [3.05, 3.63) is 12.4 Å². The van der Waals surface area contributed by atoms with Gasteiger partial charge in [-0.15, -0.1) is 0 Å². The maximum atomic E-state index is 5.30. The predicted molar refractivity (Wildman–Crippen MR) is 60.5 cm³/mol. The first kappa shape index (κ1) is 10.2. The second-order valence-corrected chi connectivity index (χ2v) is 4.74. The molecular formula is C10H17N5. The number of hydrogen-bond donors (Lipinski definition) is 2. The van der Waals surface area contributed by atoms with Gasteiger partial charge in [0.1, 0.15) is 5.82 Å². The van der Waals surface area contributed by atoms with Crippen molar-refractivity contribution in [3.8, 4) is 0 Å². The first-order valence-corrected chi connectivity index (χ1v) is 5.14. The van der Waals surface area contributed by atoms with Crippen LogP contribution in [0.4, 0.5) is 11.6 Å². The summed E-state index contributed by atoms with van der Waals surface area (Å²) in [6, 6.07) is 0. The van der Waals surface area contributed by atoms with Crippen molar-refractivity contribution >= 4 is 11.6 Å². The third kappa shape index (κ3) is 2.18. The van der Waals surface area contributed by atoms with Gasteiger partial charge in [0, 0.05) is 13.1 Å². The summed E-state index contributed by atoms with van der Waals surface area (Å²) in [5, 5.41) is 0. The first-order chi connectivity index (χ1) is 7.11. The minimum Gasteiger partial charge on any atom is -0.355 e. The molecule has 0 radical (unpaired) electrons. The van der Waals surface area contributed by atoms with Crippen LogP contribution in [-0.4, -0.2) is 23.1 Å².